The summed E-state index contributed by atoms with van der Waals surface area (Å²) >= 11 is 5.76. The molecule has 0 amide bonds. The molecule has 0 fully saturated rings. The van der Waals surface area contributed by atoms with Crippen molar-refractivity contribution in [1.29, 1.82) is 0 Å². The van der Waals surface area contributed by atoms with Crippen molar-refractivity contribution in [3.05, 3.63) is 51.7 Å². The van der Waals surface area contributed by atoms with Gasteiger partial charge in [0.15, 0.2) is 0 Å². The van der Waals surface area contributed by atoms with Crippen molar-refractivity contribution in [1.82, 2.24) is 9.97 Å². The van der Waals surface area contributed by atoms with Crippen molar-refractivity contribution in [3.8, 4) is 0 Å². The second-order valence-corrected chi connectivity index (χ2v) is 5.10. The number of rotatable bonds is 2. The van der Waals surface area contributed by atoms with Crippen LogP contribution in [0.2, 0.25) is 5.02 Å². The first-order chi connectivity index (χ1) is 9.15. The van der Waals surface area contributed by atoms with Crippen LogP contribution >= 0.6 is 11.6 Å². The Kier molecular flexibility index (Phi) is 3.11. The first-order valence-electron chi connectivity index (χ1n) is 6.22. The van der Waals surface area contributed by atoms with Gasteiger partial charge >= 0.3 is 0 Å². The topological polar surface area (TPSA) is 51.8 Å². The van der Waals surface area contributed by atoms with E-state index in [1.165, 1.54) is 6.07 Å². The van der Waals surface area contributed by atoms with E-state index in [-0.39, 0.29) is 5.02 Å². The predicted molar refractivity (Wildman–Crippen MR) is 72.7 cm³/mol. The van der Waals surface area contributed by atoms with Gasteiger partial charge in [-0.05, 0) is 30.9 Å². The summed E-state index contributed by atoms with van der Waals surface area (Å²) in [5, 5.41) is 0.117. The number of halogens is 2. The highest BCUT2D eigenvalue weighted by molar-refractivity contribution is 6.30. The van der Waals surface area contributed by atoms with Crippen LogP contribution < -0.4 is 5.73 Å². The molecule has 1 heterocycles. The van der Waals surface area contributed by atoms with E-state index in [0.29, 0.717) is 23.6 Å². The van der Waals surface area contributed by atoms with Crippen LogP contribution in [0, 0.1) is 5.82 Å². The van der Waals surface area contributed by atoms with Crippen LogP contribution in [-0.4, -0.2) is 9.97 Å². The highest BCUT2D eigenvalue weighted by atomic mass is 35.5. The number of aryl methyl sites for hydroxylation is 1. The lowest BCUT2D eigenvalue weighted by atomic mass is 10.1. The van der Waals surface area contributed by atoms with Crippen molar-refractivity contribution in [2.24, 2.45) is 0 Å². The summed E-state index contributed by atoms with van der Waals surface area (Å²) in [5.74, 6) is 0.672. The Balaban J connectivity index is 1.96. The van der Waals surface area contributed by atoms with Gasteiger partial charge in [-0.25, -0.2) is 14.4 Å². The number of hydrogen-bond acceptors (Lipinski definition) is 3. The monoisotopic (exact) mass is 277 g/mol. The first-order valence-corrected chi connectivity index (χ1v) is 6.60. The molecule has 3 nitrogen and oxygen atoms in total. The lowest BCUT2D eigenvalue weighted by Crippen LogP contribution is -2.07. The van der Waals surface area contributed by atoms with E-state index in [2.05, 4.69) is 9.97 Å². The van der Waals surface area contributed by atoms with Crippen LogP contribution in [0.15, 0.2) is 18.2 Å². The standard InChI is InChI=1S/C14H13ClFN3/c15-10-5-1-3-8(13(10)16)7-12-18-11-6-2-4-9(11)14(17)19-12/h1,3,5H,2,4,6-7H2,(H2,17,18,19). The van der Waals surface area contributed by atoms with Crippen LogP contribution in [-0.2, 0) is 19.3 Å². The third-order valence-electron chi connectivity index (χ3n) is 3.39. The van der Waals surface area contributed by atoms with E-state index in [0.717, 1.165) is 30.5 Å². The summed E-state index contributed by atoms with van der Waals surface area (Å²) in [5.41, 5.74) is 8.47. The molecule has 0 radical (unpaired) electrons. The molecule has 2 N–H and O–H groups in total. The summed E-state index contributed by atoms with van der Waals surface area (Å²) in [6.07, 6.45) is 3.23. The maximum Gasteiger partial charge on any atom is 0.145 e. The second-order valence-electron chi connectivity index (χ2n) is 4.69. The van der Waals surface area contributed by atoms with Crippen LogP contribution in [0.4, 0.5) is 10.2 Å². The molecule has 0 atom stereocenters. The SMILES string of the molecule is Nc1nc(Cc2cccc(Cl)c2F)nc2c1CCC2. The summed E-state index contributed by atoms with van der Waals surface area (Å²) in [6, 6.07) is 4.93. The molecular formula is C14H13ClFN3. The lowest BCUT2D eigenvalue weighted by Gasteiger charge is -2.07. The zero-order valence-corrected chi connectivity index (χ0v) is 11.0. The maximum absolute atomic E-state index is 13.8. The minimum absolute atomic E-state index is 0.117. The predicted octanol–water partition coefficient (Wildman–Crippen LogP) is 2.93. The van der Waals surface area contributed by atoms with Gasteiger partial charge in [0.1, 0.15) is 17.5 Å². The summed E-state index contributed by atoms with van der Waals surface area (Å²) in [7, 11) is 0. The van der Waals surface area contributed by atoms with E-state index < -0.39 is 5.82 Å². The first kappa shape index (κ1) is 12.4. The molecule has 3 rings (SSSR count). The van der Waals surface area contributed by atoms with E-state index >= 15 is 0 Å². The molecule has 1 aliphatic rings. The Labute approximate surface area is 115 Å². The normalized spacial score (nSPS) is 13.6. The van der Waals surface area contributed by atoms with Crippen LogP contribution in [0.25, 0.3) is 0 Å². The van der Waals surface area contributed by atoms with E-state index in [1.807, 2.05) is 0 Å². The average molecular weight is 278 g/mol. The number of nitrogens with two attached hydrogens (primary N) is 1. The smallest absolute Gasteiger partial charge is 0.145 e. The summed E-state index contributed by atoms with van der Waals surface area (Å²) in [6.45, 7) is 0. The fourth-order valence-corrected chi connectivity index (χ4v) is 2.64. The molecule has 2 aromatic rings. The van der Waals surface area contributed by atoms with E-state index in [9.17, 15) is 4.39 Å². The molecule has 0 saturated heterocycles. The molecule has 19 heavy (non-hydrogen) atoms. The van der Waals surface area contributed by atoms with Crippen LogP contribution in [0.1, 0.15) is 29.1 Å². The Morgan fingerprint density at radius 1 is 1.26 bits per heavy atom. The average Bonchev–Trinajstić information content (AvgIpc) is 2.84. The van der Waals surface area contributed by atoms with Crippen molar-refractivity contribution < 1.29 is 4.39 Å². The van der Waals surface area contributed by atoms with Crippen molar-refractivity contribution in [2.45, 2.75) is 25.7 Å². The molecular weight excluding hydrogens is 265 g/mol. The molecule has 0 saturated carbocycles. The second kappa shape index (κ2) is 4.78. The summed E-state index contributed by atoms with van der Waals surface area (Å²) < 4.78 is 13.8. The highest BCUT2D eigenvalue weighted by Gasteiger charge is 2.18. The number of hydrogen-bond donors (Lipinski definition) is 1. The molecule has 1 aromatic carbocycles. The van der Waals surface area contributed by atoms with Crippen LogP contribution in [0.3, 0.4) is 0 Å². The zero-order valence-electron chi connectivity index (χ0n) is 10.3. The molecule has 0 unspecified atom stereocenters. The number of fused-ring (bicyclic) bond motifs is 1. The fourth-order valence-electron chi connectivity index (χ4n) is 2.45. The quantitative estimate of drug-likeness (QED) is 0.918. The minimum atomic E-state index is -0.410. The molecule has 5 heteroatoms. The van der Waals surface area contributed by atoms with Gasteiger partial charge < -0.3 is 5.73 Å². The Morgan fingerprint density at radius 3 is 2.95 bits per heavy atom. The summed E-state index contributed by atoms with van der Waals surface area (Å²) in [4.78, 5) is 8.75. The van der Waals surface area contributed by atoms with E-state index in [4.69, 9.17) is 17.3 Å². The Morgan fingerprint density at radius 2 is 2.11 bits per heavy atom. The molecule has 1 aliphatic carbocycles. The van der Waals surface area contributed by atoms with Gasteiger partial charge in [0.25, 0.3) is 0 Å². The Hall–Kier alpha value is -1.68. The molecule has 1 aromatic heterocycles. The van der Waals surface area contributed by atoms with Gasteiger partial charge in [-0.1, -0.05) is 23.7 Å². The lowest BCUT2D eigenvalue weighted by molar-refractivity contribution is 0.612. The van der Waals surface area contributed by atoms with Gasteiger partial charge in [0, 0.05) is 17.7 Å². The molecule has 98 valence electrons. The molecule has 0 spiro atoms. The highest BCUT2D eigenvalue weighted by Crippen LogP contribution is 2.25. The number of aromatic nitrogens is 2. The van der Waals surface area contributed by atoms with E-state index in [1.54, 1.807) is 12.1 Å². The largest absolute Gasteiger partial charge is 0.383 e. The fraction of sp³-hybridized carbons (Fsp3) is 0.286. The number of nitrogens with zero attached hydrogens (tertiary/aromatic N) is 2. The third kappa shape index (κ3) is 2.28. The number of anilines is 1. The van der Waals surface area contributed by atoms with Crippen molar-refractivity contribution >= 4 is 17.4 Å². The molecule has 0 bridgehead atoms. The van der Waals surface area contributed by atoms with Crippen molar-refractivity contribution in [3.63, 3.8) is 0 Å². The number of benzene rings is 1. The van der Waals surface area contributed by atoms with Gasteiger partial charge in [-0.2, -0.15) is 0 Å². The third-order valence-corrected chi connectivity index (χ3v) is 3.68. The van der Waals surface area contributed by atoms with Gasteiger partial charge in [0.2, 0.25) is 0 Å². The molecule has 0 aliphatic heterocycles. The maximum atomic E-state index is 13.8. The minimum Gasteiger partial charge on any atom is -0.383 e. The number of nitrogen functional groups attached to an aromatic ring is 1. The Bertz CT molecular complexity index is 643. The van der Waals surface area contributed by atoms with Gasteiger partial charge in [0.05, 0.1) is 5.02 Å². The van der Waals surface area contributed by atoms with Gasteiger partial charge in [-0.3, -0.25) is 0 Å². The van der Waals surface area contributed by atoms with Crippen LogP contribution in [0.5, 0.6) is 0 Å². The van der Waals surface area contributed by atoms with Gasteiger partial charge in [-0.15, -0.1) is 0 Å². The van der Waals surface area contributed by atoms with Crippen molar-refractivity contribution in [2.75, 3.05) is 5.73 Å². The zero-order chi connectivity index (χ0) is 13.4.